The van der Waals surface area contributed by atoms with Gasteiger partial charge in [0.25, 0.3) is 0 Å². The fourth-order valence-corrected chi connectivity index (χ4v) is 4.53. The smallest absolute Gasteiger partial charge is 0.234 e. The molecule has 0 unspecified atom stereocenters. The molecular formula is C29H32N4O2S. The molecule has 4 rings (SSSR count). The molecule has 0 aliphatic heterocycles. The molecule has 4 aromatic rings. The van der Waals surface area contributed by atoms with Crippen molar-refractivity contribution in [2.75, 3.05) is 18.2 Å². The molecule has 0 saturated carbocycles. The summed E-state index contributed by atoms with van der Waals surface area (Å²) in [6.07, 6.45) is 0. The van der Waals surface area contributed by atoms with Gasteiger partial charge in [-0.05, 0) is 72.4 Å². The molecule has 7 heteroatoms. The number of aromatic nitrogens is 3. The van der Waals surface area contributed by atoms with Crippen LogP contribution >= 0.6 is 11.8 Å². The molecule has 1 heterocycles. The molecule has 0 radical (unpaired) electrons. The molecule has 3 aromatic carbocycles. The second-order valence-corrected chi connectivity index (χ2v) is 10.7. The molecule has 1 amide bonds. The van der Waals surface area contributed by atoms with E-state index in [1.807, 2.05) is 54.0 Å². The lowest BCUT2D eigenvalue weighted by Gasteiger charge is -2.19. The van der Waals surface area contributed by atoms with Crippen molar-refractivity contribution in [1.82, 2.24) is 14.8 Å². The van der Waals surface area contributed by atoms with Crippen molar-refractivity contribution >= 4 is 23.4 Å². The first-order chi connectivity index (χ1) is 17.2. The summed E-state index contributed by atoms with van der Waals surface area (Å²) in [4.78, 5) is 12.7. The first kappa shape index (κ1) is 25.5. The Morgan fingerprint density at radius 3 is 2.25 bits per heavy atom. The number of carbonyl (C=O) groups excluding carboxylic acids is 1. The molecule has 0 atom stereocenters. The largest absolute Gasteiger partial charge is 0.497 e. The van der Waals surface area contributed by atoms with Gasteiger partial charge in [-0.15, -0.1) is 10.2 Å². The van der Waals surface area contributed by atoms with E-state index in [4.69, 9.17) is 4.74 Å². The van der Waals surface area contributed by atoms with Gasteiger partial charge in [0.05, 0.1) is 12.9 Å². The minimum Gasteiger partial charge on any atom is -0.497 e. The maximum absolute atomic E-state index is 12.7. The Balaban J connectivity index is 1.61. The van der Waals surface area contributed by atoms with E-state index in [9.17, 15) is 4.79 Å². The number of anilines is 1. The SMILES string of the molecule is COc1ccc(-n2c(SCC(=O)Nc3ccc(C)c(C)c3)nnc2-c2ccc(C(C)(C)C)cc2)cc1. The van der Waals surface area contributed by atoms with Crippen LogP contribution in [0.1, 0.15) is 37.5 Å². The number of aryl methyl sites for hydroxylation is 2. The summed E-state index contributed by atoms with van der Waals surface area (Å²) in [5.74, 6) is 1.61. The predicted octanol–water partition coefficient (Wildman–Crippen LogP) is 6.59. The van der Waals surface area contributed by atoms with Gasteiger partial charge in [-0.2, -0.15) is 0 Å². The number of amides is 1. The van der Waals surface area contributed by atoms with Crippen LogP contribution in [0.2, 0.25) is 0 Å². The molecule has 6 nitrogen and oxygen atoms in total. The standard InChI is InChI=1S/C29H32N4O2S/c1-19-7-12-23(17-20(19)2)30-26(34)18-36-28-32-31-27(21-8-10-22(11-9-21)29(3,4)5)33(28)24-13-15-25(35-6)16-14-24/h7-17H,18H2,1-6H3,(H,30,34). The normalized spacial score (nSPS) is 11.4. The Labute approximate surface area is 217 Å². The Kier molecular flexibility index (Phi) is 7.50. The van der Waals surface area contributed by atoms with Crippen molar-refractivity contribution in [1.29, 1.82) is 0 Å². The van der Waals surface area contributed by atoms with Crippen molar-refractivity contribution in [3.8, 4) is 22.8 Å². The summed E-state index contributed by atoms with van der Waals surface area (Å²) < 4.78 is 7.31. The van der Waals surface area contributed by atoms with Gasteiger partial charge in [-0.1, -0.05) is 62.9 Å². The lowest BCUT2D eigenvalue weighted by atomic mass is 9.87. The maximum Gasteiger partial charge on any atom is 0.234 e. The molecule has 0 bridgehead atoms. The minimum atomic E-state index is -0.0939. The Morgan fingerprint density at radius 1 is 0.944 bits per heavy atom. The average molecular weight is 501 g/mol. The van der Waals surface area contributed by atoms with Crippen LogP contribution in [0.5, 0.6) is 5.75 Å². The minimum absolute atomic E-state index is 0.0621. The fraction of sp³-hybridized carbons (Fsp3) is 0.276. The van der Waals surface area contributed by atoms with Gasteiger partial charge in [-0.25, -0.2) is 0 Å². The molecule has 36 heavy (non-hydrogen) atoms. The van der Waals surface area contributed by atoms with Crippen LogP contribution in [0, 0.1) is 13.8 Å². The molecule has 0 saturated heterocycles. The average Bonchev–Trinajstić information content (AvgIpc) is 3.28. The van der Waals surface area contributed by atoms with E-state index in [-0.39, 0.29) is 17.1 Å². The fourth-order valence-electron chi connectivity index (χ4n) is 3.78. The van der Waals surface area contributed by atoms with Crippen LogP contribution in [0.15, 0.2) is 71.9 Å². The zero-order chi connectivity index (χ0) is 25.9. The van der Waals surface area contributed by atoms with Crippen LogP contribution < -0.4 is 10.1 Å². The number of hydrogen-bond donors (Lipinski definition) is 1. The van der Waals surface area contributed by atoms with E-state index in [2.05, 4.69) is 67.5 Å². The summed E-state index contributed by atoms with van der Waals surface area (Å²) in [6, 6.07) is 22.1. The third kappa shape index (κ3) is 5.79. The van der Waals surface area contributed by atoms with Crippen molar-refractivity contribution < 1.29 is 9.53 Å². The lowest BCUT2D eigenvalue weighted by Crippen LogP contribution is -2.14. The van der Waals surface area contributed by atoms with E-state index in [0.717, 1.165) is 34.1 Å². The third-order valence-corrected chi connectivity index (χ3v) is 7.03. The topological polar surface area (TPSA) is 69.0 Å². The highest BCUT2D eigenvalue weighted by molar-refractivity contribution is 7.99. The van der Waals surface area contributed by atoms with Gasteiger partial charge < -0.3 is 10.1 Å². The number of benzene rings is 3. The molecule has 0 aliphatic carbocycles. The van der Waals surface area contributed by atoms with Gasteiger partial charge >= 0.3 is 0 Å². The van der Waals surface area contributed by atoms with E-state index < -0.39 is 0 Å². The summed E-state index contributed by atoms with van der Waals surface area (Å²) in [5, 5.41) is 12.6. The Bertz CT molecular complexity index is 1350. The molecule has 0 fully saturated rings. The molecular weight excluding hydrogens is 468 g/mol. The zero-order valence-corrected chi connectivity index (χ0v) is 22.4. The number of thioether (sulfide) groups is 1. The monoisotopic (exact) mass is 500 g/mol. The van der Waals surface area contributed by atoms with Crippen LogP contribution in [-0.4, -0.2) is 33.5 Å². The van der Waals surface area contributed by atoms with Crippen molar-refractivity contribution in [3.63, 3.8) is 0 Å². The van der Waals surface area contributed by atoms with E-state index in [1.54, 1.807) is 7.11 Å². The van der Waals surface area contributed by atoms with E-state index in [1.165, 1.54) is 22.9 Å². The number of ether oxygens (including phenoxy) is 1. The van der Waals surface area contributed by atoms with Gasteiger partial charge in [0.15, 0.2) is 11.0 Å². The number of hydrogen-bond acceptors (Lipinski definition) is 5. The number of nitrogens with one attached hydrogen (secondary N) is 1. The predicted molar refractivity (Wildman–Crippen MR) is 147 cm³/mol. The van der Waals surface area contributed by atoms with Crippen LogP contribution in [0.4, 0.5) is 5.69 Å². The highest BCUT2D eigenvalue weighted by Crippen LogP contribution is 2.31. The summed E-state index contributed by atoms with van der Waals surface area (Å²) >= 11 is 1.36. The van der Waals surface area contributed by atoms with Crippen molar-refractivity contribution in [2.45, 2.75) is 45.2 Å². The summed E-state index contributed by atoms with van der Waals surface area (Å²) in [7, 11) is 1.64. The molecule has 0 spiro atoms. The molecule has 1 N–H and O–H groups in total. The third-order valence-electron chi connectivity index (χ3n) is 6.10. The highest BCUT2D eigenvalue weighted by atomic mass is 32.2. The van der Waals surface area contributed by atoms with E-state index in [0.29, 0.717) is 5.16 Å². The number of rotatable bonds is 7. The maximum atomic E-state index is 12.7. The number of carbonyl (C=O) groups is 1. The lowest BCUT2D eigenvalue weighted by molar-refractivity contribution is -0.113. The first-order valence-electron chi connectivity index (χ1n) is 11.9. The van der Waals surface area contributed by atoms with Gasteiger partial charge in [0.1, 0.15) is 5.75 Å². The van der Waals surface area contributed by atoms with E-state index >= 15 is 0 Å². The van der Waals surface area contributed by atoms with Gasteiger partial charge in [0.2, 0.25) is 5.91 Å². The molecule has 0 aliphatic rings. The summed E-state index contributed by atoms with van der Waals surface area (Å²) in [5.41, 5.74) is 6.29. The molecule has 1 aromatic heterocycles. The zero-order valence-electron chi connectivity index (χ0n) is 21.6. The van der Waals surface area contributed by atoms with Gasteiger partial charge in [-0.3, -0.25) is 9.36 Å². The van der Waals surface area contributed by atoms with Crippen molar-refractivity contribution in [3.05, 3.63) is 83.4 Å². The van der Waals surface area contributed by atoms with Crippen LogP contribution in [0.25, 0.3) is 17.1 Å². The Morgan fingerprint density at radius 2 is 1.64 bits per heavy atom. The number of methoxy groups -OCH3 is 1. The second-order valence-electron chi connectivity index (χ2n) is 9.80. The Hall–Kier alpha value is -3.58. The van der Waals surface area contributed by atoms with Crippen molar-refractivity contribution in [2.24, 2.45) is 0 Å². The van der Waals surface area contributed by atoms with Crippen LogP contribution in [-0.2, 0) is 10.2 Å². The second kappa shape index (κ2) is 10.6. The summed E-state index contributed by atoms with van der Waals surface area (Å²) in [6.45, 7) is 10.7. The number of nitrogens with zero attached hydrogens (tertiary/aromatic N) is 3. The highest BCUT2D eigenvalue weighted by Gasteiger charge is 2.19. The van der Waals surface area contributed by atoms with Gasteiger partial charge in [0, 0.05) is 16.9 Å². The van der Waals surface area contributed by atoms with Crippen LogP contribution in [0.3, 0.4) is 0 Å². The molecule has 186 valence electrons. The quantitative estimate of drug-likeness (QED) is 0.290. The first-order valence-corrected chi connectivity index (χ1v) is 12.8.